The molecular weight excluding hydrogens is 325 g/mol. The smallest absolute Gasteiger partial charge is 0.125 e. The Morgan fingerprint density at radius 3 is 2.81 bits per heavy atom. The van der Waals surface area contributed by atoms with E-state index in [1.165, 1.54) is 11.6 Å². The molecule has 0 bridgehead atoms. The molecule has 1 aromatic heterocycles. The highest BCUT2D eigenvalue weighted by molar-refractivity contribution is 5.52. The third kappa shape index (κ3) is 3.35. The van der Waals surface area contributed by atoms with Crippen LogP contribution in [0, 0.1) is 18.7 Å². The van der Waals surface area contributed by atoms with Crippen LogP contribution < -0.4 is 4.90 Å². The molecule has 3 nitrogen and oxygen atoms in total. The van der Waals surface area contributed by atoms with Crippen LogP contribution in [0.15, 0.2) is 42.6 Å². The van der Waals surface area contributed by atoms with Gasteiger partial charge in [0.2, 0.25) is 0 Å². The Balaban J connectivity index is 1.50. The summed E-state index contributed by atoms with van der Waals surface area (Å²) in [6.07, 6.45) is 4.22. The molecule has 2 aliphatic heterocycles. The Morgan fingerprint density at radius 2 is 2.08 bits per heavy atom. The van der Waals surface area contributed by atoms with E-state index in [0.717, 1.165) is 43.9 Å². The Labute approximate surface area is 155 Å². The monoisotopic (exact) mass is 353 g/mol. The van der Waals surface area contributed by atoms with Crippen molar-refractivity contribution < 1.29 is 4.39 Å². The van der Waals surface area contributed by atoms with Gasteiger partial charge in [-0.2, -0.15) is 0 Å². The first kappa shape index (κ1) is 17.5. The van der Waals surface area contributed by atoms with Crippen molar-refractivity contribution in [2.24, 2.45) is 5.92 Å². The minimum absolute atomic E-state index is 0.0568. The number of anilines is 1. The number of aryl methyl sites for hydroxylation is 1. The molecule has 4 heteroatoms. The number of halogens is 1. The zero-order chi connectivity index (χ0) is 18.3. The number of benzene rings is 1. The number of likely N-dealkylation sites (tertiary alicyclic amines) is 1. The molecule has 4 rings (SSSR count). The second-order valence-electron chi connectivity index (χ2n) is 8.54. The van der Waals surface area contributed by atoms with E-state index < -0.39 is 0 Å². The van der Waals surface area contributed by atoms with Crippen molar-refractivity contribution in [3.8, 4) is 0 Å². The first-order valence-electron chi connectivity index (χ1n) is 9.61. The van der Waals surface area contributed by atoms with Gasteiger partial charge in [0.15, 0.2) is 0 Å². The van der Waals surface area contributed by atoms with Gasteiger partial charge in [0.05, 0.1) is 5.69 Å². The van der Waals surface area contributed by atoms with Gasteiger partial charge in [0.1, 0.15) is 5.82 Å². The number of pyridine rings is 1. The standard InChI is InChI=1S/C22H28FN3/c1-16-7-8-19(24-13-16)15-25-10-9-21-17(14-25)12-22(2,3)26(21)20-6-4-5-18(23)11-20/h4-8,11,13,17,21H,9-10,12,14-15H2,1-3H3/t17-,21+/m1/s1. The minimum Gasteiger partial charge on any atom is -0.363 e. The molecule has 2 saturated heterocycles. The molecule has 2 fully saturated rings. The van der Waals surface area contributed by atoms with E-state index in [4.69, 9.17) is 0 Å². The van der Waals surface area contributed by atoms with Crippen LogP contribution in [0.4, 0.5) is 10.1 Å². The zero-order valence-corrected chi connectivity index (χ0v) is 16.0. The van der Waals surface area contributed by atoms with Crippen LogP contribution in [0.25, 0.3) is 0 Å². The van der Waals surface area contributed by atoms with Crippen molar-refractivity contribution in [3.05, 3.63) is 59.7 Å². The fraction of sp³-hybridized carbons (Fsp3) is 0.500. The molecule has 26 heavy (non-hydrogen) atoms. The van der Waals surface area contributed by atoms with Crippen LogP contribution in [0.1, 0.15) is 37.9 Å². The highest BCUT2D eigenvalue weighted by atomic mass is 19.1. The lowest BCUT2D eigenvalue weighted by atomic mass is 9.89. The number of hydrogen-bond donors (Lipinski definition) is 0. The van der Waals surface area contributed by atoms with Crippen LogP contribution in [0.3, 0.4) is 0 Å². The lowest BCUT2D eigenvalue weighted by Gasteiger charge is -2.41. The minimum atomic E-state index is -0.148. The van der Waals surface area contributed by atoms with Crippen LogP contribution in [0.2, 0.25) is 0 Å². The summed E-state index contributed by atoms with van der Waals surface area (Å²) in [7, 11) is 0. The quantitative estimate of drug-likeness (QED) is 0.815. The number of hydrogen-bond acceptors (Lipinski definition) is 3. The SMILES string of the molecule is Cc1ccc(CN2CC[C@H]3[C@@H](C2)CC(C)(C)N3c2cccc(F)c2)nc1. The molecule has 2 aliphatic rings. The molecule has 1 aromatic carbocycles. The number of rotatable bonds is 3. The van der Waals surface area contributed by atoms with Crippen molar-refractivity contribution in [3.63, 3.8) is 0 Å². The number of fused-ring (bicyclic) bond motifs is 1. The average molecular weight is 353 g/mol. The fourth-order valence-corrected chi connectivity index (χ4v) is 4.96. The maximum Gasteiger partial charge on any atom is 0.125 e. The van der Waals surface area contributed by atoms with Gasteiger partial charge in [-0.15, -0.1) is 0 Å². The van der Waals surface area contributed by atoms with Gasteiger partial charge >= 0.3 is 0 Å². The molecule has 2 aromatic rings. The van der Waals surface area contributed by atoms with Crippen molar-refractivity contribution in [2.45, 2.75) is 51.7 Å². The highest BCUT2D eigenvalue weighted by Gasteiger charge is 2.48. The summed E-state index contributed by atoms with van der Waals surface area (Å²) >= 11 is 0. The molecule has 0 amide bonds. The van der Waals surface area contributed by atoms with Crippen LogP contribution >= 0.6 is 0 Å². The van der Waals surface area contributed by atoms with E-state index in [1.807, 2.05) is 12.3 Å². The number of nitrogens with zero attached hydrogens (tertiary/aromatic N) is 3. The molecule has 2 atom stereocenters. The summed E-state index contributed by atoms with van der Waals surface area (Å²) in [5, 5.41) is 0. The molecular formula is C22H28FN3. The molecule has 138 valence electrons. The molecule has 0 saturated carbocycles. The van der Waals surface area contributed by atoms with Crippen LogP contribution in [-0.2, 0) is 6.54 Å². The molecule has 0 radical (unpaired) electrons. The molecule has 3 heterocycles. The van der Waals surface area contributed by atoms with Crippen LogP contribution in [0.5, 0.6) is 0 Å². The predicted molar refractivity (Wildman–Crippen MR) is 104 cm³/mol. The summed E-state index contributed by atoms with van der Waals surface area (Å²) in [5.41, 5.74) is 3.43. The Morgan fingerprint density at radius 1 is 1.23 bits per heavy atom. The fourth-order valence-electron chi connectivity index (χ4n) is 4.96. The zero-order valence-electron chi connectivity index (χ0n) is 16.0. The van der Waals surface area contributed by atoms with E-state index in [0.29, 0.717) is 12.0 Å². The Kier molecular flexibility index (Phi) is 4.47. The summed E-state index contributed by atoms with van der Waals surface area (Å²) in [4.78, 5) is 9.57. The van der Waals surface area contributed by atoms with Crippen LogP contribution in [-0.4, -0.2) is 34.6 Å². The largest absolute Gasteiger partial charge is 0.363 e. The van der Waals surface area contributed by atoms with Gasteiger partial charge in [-0.25, -0.2) is 4.39 Å². The summed E-state index contributed by atoms with van der Waals surface area (Å²) in [5.74, 6) is 0.470. The van der Waals surface area contributed by atoms with Crippen molar-refractivity contribution >= 4 is 5.69 Å². The summed E-state index contributed by atoms with van der Waals surface area (Å²) < 4.78 is 13.8. The third-order valence-electron chi connectivity index (χ3n) is 5.97. The van der Waals surface area contributed by atoms with Gasteiger partial charge in [0.25, 0.3) is 0 Å². The Bertz CT molecular complexity index is 771. The van der Waals surface area contributed by atoms with E-state index >= 15 is 0 Å². The predicted octanol–water partition coefficient (Wildman–Crippen LogP) is 4.41. The van der Waals surface area contributed by atoms with Gasteiger partial charge in [0, 0.05) is 43.1 Å². The van der Waals surface area contributed by atoms with E-state index in [9.17, 15) is 4.39 Å². The first-order chi connectivity index (χ1) is 12.4. The van der Waals surface area contributed by atoms with Crippen molar-refractivity contribution in [2.75, 3.05) is 18.0 Å². The topological polar surface area (TPSA) is 19.4 Å². The molecule has 0 N–H and O–H groups in total. The van der Waals surface area contributed by atoms with Crippen molar-refractivity contribution in [1.29, 1.82) is 0 Å². The van der Waals surface area contributed by atoms with E-state index in [-0.39, 0.29) is 11.4 Å². The van der Waals surface area contributed by atoms with E-state index in [1.54, 1.807) is 6.07 Å². The third-order valence-corrected chi connectivity index (χ3v) is 5.97. The Hall–Kier alpha value is -1.94. The first-order valence-corrected chi connectivity index (χ1v) is 9.61. The summed E-state index contributed by atoms with van der Waals surface area (Å²) in [6, 6.07) is 11.9. The van der Waals surface area contributed by atoms with Gasteiger partial charge < -0.3 is 4.90 Å². The molecule has 0 spiro atoms. The average Bonchev–Trinajstić information content (AvgIpc) is 2.86. The lowest BCUT2D eigenvalue weighted by Crippen LogP contribution is -2.48. The highest BCUT2D eigenvalue weighted by Crippen LogP contribution is 2.44. The van der Waals surface area contributed by atoms with Gasteiger partial charge in [-0.3, -0.25) is 9.88 Å². The molecule has 0 unspecified atom stereocenters. The normalized spacial score (nSPS) is 25.3. The van der Waals surface area contributed by atoms with Gasteiger partial charge in [-0.1, -0.05) is 12.1 Å². The lowest BCUT2D eigenvalue weighted by molar-refractivity contribution is 0.159. The van der Waals surface area contributed by atoms with E-state index in [2.05, 4.69) is 53.8 Å². The maximum absolute atomic E-state index is 13.8. The number of piperidine rings is 1. The summed E-state index contributed by atoms with van der Waals surface area (Å²) in [6.45, 7) is 9.74. The second-order valence-corrected chi connectivity index (χ2v) is 8.54. The second kappa shape index (κ2) is 6.66. The van der Waals surface area contributed by atoms with Crippen molar-refractivity contribution in [1.82, 2.24) is 9.88 Å². The molecule has 0 aliphatic carbocycles. The van der Waals surface area contributed by atoms with Gasteiger partial charge in [-0.05, 0) is 69.4 Å². The number of aromatic nitrogens is 1. The maximum atomic E-state index is 13.8.